The normalized spacial score (nSPS) is 20.0. The van der Waals surface area contributed by atoms with Crippen LogP contribution in [0, 0.1) is 11.3 Å². The van der Waals surface area contributed by atoms with Crippen LogP contribution in [0.5, 0.6) is 0 Å². The third kappa shape index (κ3) is 4.89. The fraction of sp³-hybridized carbons (Fsp3) is 0.842. The molecule has 0 saturated carbocycles. The fourth-order valence-corrected chi connectivity index (χ4v) is 3.49. The lowest BCUT2D eigenvalue weighted by Gasteiger charge is -2.37. The number of nitrogens with one attached hydrogen (secondary N) is 1. The molecule has 26 heavy (non-hydrogen) atoms. The Hall–Kier alpha value is -1.79. The highest BCUT2D eigenvalue weighted by molar-refractivity contribution is 6.04. The molecule has 0 aromatic carbocycles. The van der Waals surface area contributed by atoms with Gasteiger partial charge in [0.1, 0.15) is 5.41 Å². The summed E-state index contributed by atoms with van der Waals surface area (Å²) in [5.74, 6) is 0.321. The summed E-state index contributed by atoms with van der Waals surface area (Å²) in [6, 6.07) is -0.0124. The number of hydrogen-bond acceptors (Lipinski definition) is 4. The number of carbonyl (C=O) groups is 3. The van der Waals surface area contributed by atoms with Crippen LogP contribution in [-0.4, -0.2) is 66.5 Å². The summed E-state index contributed by atoms with van der Waals surface area (Å²) in [4.78, 5) is 40.8. The average Bonchev–Trinajstić information content (AvgIpc) is 2.62. The van der Waals surface area contributed by atoms with Gasteiger partial charge in [0.15, 0.2) is 0 Å². The second-order valence-corrected chi connectivity index (χ2v) is 8.03. The summed E-state index contributed by atoms with van der Waals surface area (Å²) in [5.41, 5.74) is -1.07. The summed E-state index contributed by atoms with van der Waals surface area (Å²) in [7, 11) is 0. The number of ether oxygens (including phenoxy) is 1. The summed E-state index contributed by atoms with van der Waals surface area (Å²) in [6.45, 7) is 10.3. The number of hydrogen-bond donors (Lipinski definition) is 1. The van der Waals surface area contributed by atoms with Gasteiger partial charge in [0.05, 0.1) is 6.61 Å². The number of piperidine rings is 2. The van der Waals surface area contributed by atoms with E-state index in [0.29, 0.717) is 38.5 Å². The Labute approximate surface area is 156 Å². The van der Waals surface area contributed by atoms with Crippen LogP contribution in [0.25, 0.3) is 0 Å². The molecule has 7 heteroatoms. The molecule has 1 N–H and O–H groups in total. The van der Waals surface area contributed by atoms with Crippen LogP contribution < -0.4 is 5.32 Å². The molecule has 2 saturated heterocycles. The smallest absolute Gasteiger partial charge is 0.409 e. The highest BCUT2D eigenvalue weighted by Gasteiger charge is 2.41. The van der Waals surface area contributed by atoms with E-state index in [-0.39, 0.29) is 23.9 Å². The zero-order valence-electron chi connectivity index (χ0n) is 16.5. The monoisotopic (exact) mass is 367 g/mol. The minimum atomic E-state index is -1.07. The maximum atomic E-state index is 12.8. The van der Waals surface area contributed by atoms with E-state index in [0.717, 1.165) is 25.9 Å². The van der Waals surface area contributed by atoms with Crippen molar-refractivity contribution in [2.75, 3.05) is 32.8 Å². The van der Waals surface area contributed by atoms with Gasteiger partial charge in [-0.1, -0.05) is 6.92 Å². The molecule has 0 aromatic heterocycles. The lowest BCUT2D eigenvalue weighted by molar-refractivity contribution is -0.149. The van der Waals surface area contributed by atoms with Crippen molar-refractivity contribution in [3.63, 3.8) is 0 Å². The van der Waals surface area contributed by atoms with Crippen molar-refractivity contribution in [2.45, 2.75) is 59.4 Å². The summed E-state index contributed by atoms with van der Waals surface area (Å²) in [6.07, 6.45) is 3.05. The van der Waals surface area contributed by atoms with E-state index in [4.69, 9.17) is 4.74 Å². The van der Waals surface area contributed by atoms with Crippen molar-refractivity contribution in [3.05, 3.63) is 0 Å². The van der Waals surface area contributed by atoms with Crippen LogP contribution in [0.2, 0.25) is 0 Å². The molecule has 7 nitrogen and oxygen atoms in total. The van der Waals surface area contributed by atoms with Crippen LogP contribution in [-0.2, 0) is 14.3 Å². The summed E-state index contributed by atoms with van der Waals surface area (Å²) < 4.78 is 5.01. The quantitative estimate of drug-likeness (QED) is 0.771. The van der Waals surface area contributed by atoms with E-state index < -0.39 is 5.41 Å². The summed E-state index contributed by atoms with van der Waals surface area (Å²) in [5, 5.41) is 3.01. The molecule has 0 spiro atoms. The Morgan fingerprint density at radius 3 is 2.08 bits per heavy atom. The topological polar surface area (TPSA) is 79.0 Å². The third-order valence-corrected chi connectivity index (χ3v) is 5.53. The minimum absolute atomic E-state index is 0.0124. The predicted molar refractivity (Wildman–Crippen MR) is 98.5 cm³/mol. The van der Waals surface area contributed by atoms with Gasteiger partial charge in [-0.25, -0.2) is 4.79 Å². The molecule has 0 bridgehead atoms. The standard InChI is InChI=1S/C19H33N3O4/c1-5-26-18(25)22-12-8-15(9-13-22)20-16(23)19(3,4)17(24)21-10-6-14(2)7-11-21/h14-15H,5-13H2,1-4H3,(H,20,23). The van der Waals surface area contributed by atoms with Gasteiger partial charge in [-0.15, -0.1) is 0 Å². The molecule has 0 atom stereocenters. The van der Waals surface area contributed by atoms with Crippen molar-refractivity contribution < 1.29 is 19.1 Å². The Kier molecular flexibility index (Phi) is 6.89. The van der Waals surface area contributed by atoms with Crippen LogP contribution in [0.4, 0.5) is 4.79 Å². The maximum absolute atomic E-state index is 12.8. The van der Waals surface area contributed by atoms with Crippen molar-refractivity contribution in [3.8, 4) is 0 Å². The molecule has 0 aliphatic carbocycles. The van der Waals surface area contributed by atoms with Gasteiger partial charge in [-0.3, -0.25) is 9.59 Å². The van der Waals surface area contributed by atoms with E-state index in [1.54, 1.807) is 25.7 Å². The molecule has 2 heterocycles. The number of likely N-dealkylation sites (tertiary alicyclic amines) is 2. The van der Waals surface area contributed by atoms with Crippen molar-refractivity contribution in [1.82, 2.24) is 15.1 Å². The largest absolute Gasteiger partial charge is 0.450 e. The second kappa shape index (κ2) is 8.73. The molecule has 0 unspecified atom stereocenters. The van der Waals surface area contributed by atoms with Gasteiger partial charge in [-0.05, 0) is 52.4 Å². The van der Waals surface area contributed by atoms with Crippen LogP contribution in [0.15, 0.2) is 0 Å². The first kappa shape index (κ1) is 20.5. The van der Waals surface area contributed by atoms with Gasteiger partial charge in [-0.2, -0.15) is 0 Å². The number of amides is 3. The zero-order valence-corrected chi connectivity index (χ0v) is 16.5. The zero-order chi connectivity index (χ0) is 19.3. The SMILES string of the molecule is CCOC(=O)N1CCC(NC(=O)C(C)(C)C(=O)N2CCC(C)CC2)CC1. The van der Waals surface area contributed by atoms with Gasteiger partial charge < -0.3 is 19.9 Å². The van der Waals surface area contributed by atoms with Gasteiger partial charge in [0, 0.05) is 32.2 Å². The third-order valence-electron chi connectivity index (χ3n) is 5.53. The summed E-state index contributed by atoms with van der Waals surface area (Å²) >= 11 is 0. The number of carbonyl (C=O) groups excluding carboxylic acids is 3. The van der Waals surface area contributed by atoms with E-state index in [1.165, 1.54) is 0 Å². The molecular formula is C19H33N3O4. The fourth-order valence-electron chi connectivity index (χ4n) is 3.49. The number of rotatable bonds is 4. The molecule has 2 rings (SSSR count). The molecule has 148 valence electrons. The van der Waals surface area contributed by atoms with Crippen molar-refractivity contribution in [1.29, 1.82) is 0 Å². The van der Waals surface area contributed by atoms with Crippen LogP contribution >= 0.6 is 0 Å². The molecule has 2 aliphatic heterocycles. The Balaban J connectivity index is 1.84. The number of nitrogens with zero attached hydrogens (tertiary/aromatic N) is 2. The predicted octanol–water partition coefficient (Wildman–Crippen LogP) is 2.01. The van der Waals surface area contributed by atoms with Crippen molar-refractivity contribution in [2.24, 2.45) is 11.3 Å². The molecule has 2 fully saturated rings. The molecule has 3 amide bonds. The van der Waals surface area contributed by atoms with Gasteiger partial charge in [0.2, 0.25) is 11.8 Å². The Bertz CT molecular complexity index is 519. The highest BCUT2D eigenvalue weighted by Crippen LogP contribution is 2.25. The molecule has 0 aromatic rings. The lowest BCUT2D eigenvalue weighted by Crippen LogP contribution is -2.54. The lowest BCUT2D eigenvalue weighted by atomic mass is 9.87. The van der Waals surface area contributed by atoms with Gasteiger partial charge in [0.25, 0.3) is 0 Å². The molecule has 0 radical (unpaired) electrons. The highest BCUT2D eigenvalue weighted by atomic mass is 16.6. The van der Waals surface area contributed by atoms with Gasteiger partial charge >= 0.3 is 6.09 Å². The van der Waals surface area contributed by atoms with E-state index in [9.17, 15) is 14.4 Å². The van der Waals surface area contributed by atoms with Crippen molar-refractivity contribution >= 4 is 17.9 Å². The minimum Gasteiger partial charge on any atom is -0.450 e. The van der Waals surface area contributed by atoms with Crippen LogP contribution in [0.3, 0.4) is 0 Å². The first-order chi connectivity index (χ1) is 12.3. The first-order valence-corrected chi connectivity index (χ1v) is 9.77. The maximum Gasteiger partial charge on any atom is 0.409 e. The second-order valence-electron chi connectivity index (χ2n) is 8.03. The van der Waals surface area contributed by atoms with E-state index in [1.807, 2.05) is 4.90 Å². The molecule has 2 aliphatic rings. The molecular weight excluding hydrogens is 334 g/mol. The average molecular weight is 367 g/mol. The van der Waals surface area contributed by atoms with E-state index >= 15 is 0 Å². The Morgan fingerprint density at radius 1 is 1.00 bits per heavy atom. The van der Waals surface area contributed by atoms with Crippen LogP contribution in [0.1, 0.15) is 53.4 Å². The van der Waals surface area contributed by atoms with E-state index in [2.05, 4.69) is 12.2 Å². The first-order valence-electron chi connectivity index (χ1n) is 9.77. The Morgan fingerprint density at radius 2 is 1.54 bits per heavy atom.